The van der Waals surface area contributed by atoms with Crippen LogP contribution in [0.25, 0.3) is 0 Å². The lowest BCUT2D eigenvalue weighted by molar-refractivity contribution is -0.885. The molecular formula is C16H21NO4S. The standard InChI is InChI=1S/C15H17N.CH4O4S/c1-16(2)15(13-9-5-3-6-10-13)14-11-7-4-8-12-14;1-5-6(2,3)4/h3-12,15H,1-2H3;1H3,(H,2,3,4). The van der Waals surface area contributed by atoms with Crippen LogP contribution in [-0.2, 0) is 14.6 Å². The minimum Gasteiger partial charge on any atom is -0.726 e. The van der Waals surface area contributed by atoms with E-state index >= 15 is 0 Å². The highest BCUT2D eigenvalue weighted by Crippen LogP contribution is 2.17. The predicted octanol–water partition coefficient (Wildman–Crippen LogP) is 1.01. The van der Waals surface area contributed by atoms with Crippen molar-refractivity contribution in [3.8, 4) is 0 Å². The summed E-state index contributed by atoms with van der Waals surface area (Å²) in [5.41, 5.74) is 2.74. The highest BCUT2D eigenvalue weighted by Gasteiger charge is 2.18. The average Bonchev–Trinajstić information content (AvgIpc) is 2.49. The van der Waals surface area contributed by atoms with E-state index in [2.05, 4.69) is 78.9 Å². The topological polar surface area (TPSA) is 70.9 Å². The van der Waals surface area contributed by atoms with Gasteiger partial charge >= 0.3 is 0 Å². The zero-order valence-corrected chi connectivity index (χ0v) is 13.7. The Morgan fingerprint density at radius 2 is 1.23 bits per heavy atom. The number of nitrogens with one attached hydrogen (secondary N) is 1. The molecule has 0 aliphatic carbocycles. The van der Waals surface area contributed by atoms with E-state index in [1.54, 1.807) is 0 Å². The highest BCUT2D eigenvalue weighted by atomic mass is 32.3. The summed E-state index contributed by atoms with van der Waals surface area (Å²) in [6, 6.07) is 21.8. The molecule has 0 aromatic heterocycles. The molecule has 0 amide bonds. The monoisotopic (exact) mass is 323 g/mol. The molecule has 0 saturated heterocycles. The molecule has 0 heterocycles. The Bertz CT molecular complexity index is 603. The SMILES string of the molecule is COS(=O)(=O)[O-].C[NH+](C)C(c1ccccc1)c1ccccc1. The van der Waals surface area contributed by atoms with Crippen LogP contribution in [0.3, 0.4) is 0 Å². The number of benzene rings is 2. The summed E-state index contributed by atoms with van der Waals surface area (Å²) < 4.78 is 31.0. The van der Waals surface area contributed by atoms with Gasteiger partial charge in [0.05, 0.1) is 21.2 Å². The molecule has 5 nitrogen and oxygen atoms in total. The Balaban J connectivity index is 0.000000346. The van der Waals surface area contributed by atoms with Crippen LogP contribution in [0.1, 0.15) is 17.2 Å². The molecule has 0 saturated carbocycles. The van der Waals surface area contributed by atoms with Crippen molar-refractivity contribution in [2.45, 2.75) is 6.04 Å². The van der Waals surface area contributed by atoms with Crippen LogP contribution in [0, 0.1) is 0 Å². The molecule has 2 aromatic carbocycles. The molecule has 0 unspecified atom stereocenters. The molecule has 0 aliphatic heterocycles. The molecule has 0 bridgehead atoms. The van der Waals surface area contributed by atoms with Crippen molar-refractivity contribution in [2.24, 2.45) is 0 Å². The second-order valence-electron chi connectivity index (χ2n) is 4.91. The van der Waals surface area contributed by atoms with Crippen molar-refractivity contribution < 1.29 is 22.1 Å². The summed E-state index contributed by atoms with van der Waals surface area (Å²) in [5, 5.41) is 0. The first kappa shape index (κ1) is 18.3. The van der Waals surface area contributed by atoms with E-state index in [1.165, 1.54) is 16.0 Å². The van der Waals surface area contributed by atoms with Gasteiger partial charge in [-0.3, -0.25) is 4.18 Å². The van der Waals surface area contributed by atoms with Crippen LogP contribution in [0.5, 0.6) is 0 Å². The summed E-state index contributed by atoms with van der Waals surface area (Å²) in [7, 11) is 0.794. The van der Waals surface area contributed by atoms with Crippen LogP contribution in [0.2, 0.25) is 0 Å². The fourth-order valence-corrected chi connectivity index (χ4v) is 2.15. The van der Waals surface area contributed by atoms with Crippen LogP contribution in [-0.4, -0.2) is 34.2 Å². The van der Waals surface area contributed by atoms with Crippen LogP contribution < -0.4 is 4.90 Å². The van der Waals surface area contributed by atoms with Crippen molar-refractivity contribution in [1.29, 1.82) is 0 Å². The third-order valence-electron chi connectivity index (χ3n) is 3.05. The Kier molecular flexibility index (Phi) is 7.20. The fourth-order valence-electron chi connectivity index (χ4n) is 2.15. The lowest BCUT2D eigenvalue weighted by Crippen LogP contribution is -3.06. The van der Waals surface area contributed by atoms with E-state index in [0.717, 1.165) is 7.11 Å². The number of hydrogen-bond acceptors (Lipinski definition) is 4. The van der Waals surface area contributed by atoms with E-state index in [0.29, 0.717) is 6.04 Å². The van der Waals surface area contributed by atoms with E-state index in [1.807, 2.05) is 0 Å². The van der Waals surface area contributed by atoms with Gasteiger partial charge in [-0.1, -0.05) is 60.7 Å². The van der Waals surface area contributed by atoms with Gasteiger partial charge in [0.1, 0.15) is 6.04 Å². The van der Waals surface area contributed by atoms with Gasteiger partial charge in [-0.25, -0.2) is 8.42 Å². The largest absolute Gasteiger partial charge is 0.726 e. The van der Waals surface area contributed by atoms with E-state index < -0.39 is 10.4 Å². The highest BCUT2D eigenvalue weighted by molar-refractivity contribution is 7.80. The Morgan fingerprint density at radius 3 is 1.45 bits per heavy atom. The number of hydrogen-bond donors (Lipinski definition) is 1. The smallest absolute Gasteiger partial charge is 0.217 e. The zero-order chi connectivity index (χ0) is 16.6. The maximum atomic E-state index is 9.22. The summed E-state index contributed by atoms with van der Waals surface area (Å²) in [4.78, 5) is 1.43. The fraction of sp³-hybridized carbons (Fsp3) is 0.250. The molecule has 0 radical (unpaired) electrons. The Morgan fingerprint density at radius 1 is 0.909 bits per heavy atom. The Hall–Kier alpha value is -1.73. The molecule has 0 fully saturated rings. The first-order valence-electron chi connectivity index (χ1n) is 6.76. The van der Waals surface area contributed by atoms with Crippen molar-refractivity contribution in [2.75, 3.05) is 21.2 Å². The summed E-state index contributed by atoms with van der Waals surface area (Å²) >= 11 is 0. The van der Waals surface area contributed by atoms with Crippen molar-refractivity contribution >= 4 is 10.4 Å². The molecule has 0 spiro atoms. The predicted molar refractivity (Wildman–Crippen MR) is 84.2 cm³/mol. The van der Waals surface area contributed by atoms with Gasteiger partial charge in [-0.15, -0.1) is 0 Å². The molecule has 120 valence electrons. The van der Waals surface area contributed by atoms with Crippen LogP contribution in [0.15, 0.2) is 60.7 Å². The van der Waals surface area contributed by atoms with Gasteiger partial charge in [-0.05, 0) is 0 Å². The van der Waals surface area contributed by atoms with Gasteiger partial charge in [0.25, 0.3) is 0 Å². The molecule has 2 rings (SSSR count). The molecule has 1 N–H and O–H groups in total. The van der Waals surface area contributed by atoms with Crippen molar-refractivity contribution in [3.63, 3.8) is 0 Å². The van der Waals surface area contributed by atoms with Crippen LogP contribution >= 0.6 is 0 Å². The second kappa shape index (κ2) is 8.65. The van der Waals surface area contributed by atoms with Crippen LogP contribution in [0.4, 0.5) is 0 Å². The lowest BCUT2D eigenvalue weighted by atomic mass is 9.98. The molecule has 0 aliphatic rings. The summed E-state index contributed by atoms with van der Waals surface area (Å²) in [6.45, 7) is 0. The average molecular weight is 323 g/mol. The number of quaternary nitrogens is 1. The summed E-state index contributed by atoms with van der Waals surface area (Å²) in [6.07, 6.45) is 0. The van der Waals surface area contributed by atoms with Crippen molar-refractivity contribution in [3.05, 3.63) is 71.8 Å². The first-order chi connectivity index (χ1) is 10.3. The number of rotatable bonds is 4. The van der Waals surface area contributed by atoms with Gasteiger partial charge in [0.15, 0.2) is 0 Å². The lowest BCUT2D eigenvalue weighted by Gasteiger charge is -2.22. The normalized spacial score (nSPS) is 11.2. The molecule has 0 atom stereocenters. The minimum absolute atomic E-state index is 0.419. The first-order valence-corrected chi connectivity index (χ1v) is 8.10. The quantitative estimate of drug-likeness (QED) is 0.673. The van der Waals surface area contributed by atoms with E-state index in [-0.39, 0.29) is 0 Å². The van der Waals surface area contributed by atoms with Gasteiger partial charge in [0.2, 0.25) is 10.4 Å². The van der Waals surface area contributed by atoms with Gasteiger partial charge < -0.3 is 9.45 Å². The van der Waals surface area contributed by atoms with Gasteiger partial charge in [0, 0.05) is 11.1 Å². The maximum absolute atomic E-state index is 9.22. The van der Waals surface area contributed by atoms with Crippen molar-refractivity contribution in [1.82, 2.24) is 0 Å². The second-order valence-corrected chi connectivity index (χ2v) is 6.06. The zero-order valence-electron chi connectivity index (χ0n) is 12.9. The Labute approximate surface area is 132 Å². The van der Waals surface area contributed by atoms with E-state index in [9.17, 15) is 13.0 Å². The molecule has 6 heteroatoms. The summed E-state index contributed by atoms with van der Waals surface area (Å²) in [5.74, 6) is 0. The molecular weight excluding hydrogens is 302 g/mol. The molecule has 22 heavy (non-hydrogen) atoms. The third-order valence-corrected chi connectivity index (χ3v) is 3.46. The maximum Gasteiger partial charge on any atom is 0.217 e. The minimum atomic E-state index is -4.41. The third kappa shape index (κ3) is 6.36. The molecule has 2 aromatic rings. The van der Waals surface area contributed by atoms with Gasteiger partial charge in [-0.2, -0.15) is 0 Å². The van der Waals surface area contributed by atoms with E-state index in [4.69, 9.17) is 0 Å².